The molecule has 0 unspecified atom stereocenters. The van der Waals surface area contributed by atoms with Crippen molar-refractivity contribution in [1.29, 1.82) is 0 Å². The summed E-state index contributed by atoms with van der Waals surface area (Å²) < 4.78 is 7.41. The molecule has 7 heteroatoms. The molecule has 1 aliphatic heterocycles. The average Bonchev–Trinajstić information content (AvgIpc) is 2.97. The molecule has 3 aromatic rings. The fourth-order valence-corrected chi connectivity index (χ4v) is 3.63. The van der Waals surface area contributed by atoms with Gasteiger partial charge in [-0.25, -0.2) is 9.69 Å². The molecule has 7 nitrogen and oxygen atoms in total. The number of imide groups is 2. The molecule has 30 heavy (non-hydrogen) atoms. The van der Waals surface area contributed by atoms with Crippen LogP contribution in [0.2, 0.25) is 0 Å². The van der Waals surface area contributed by atoms with E-state index < -0.39 is 17.8 Å². The van der Waals surface area contributed by atoms with Gasteiger partial charge in [0.1, 0.15) is 11.3 Å². The van der Waals surface area contributed by atoms with E-state index in [9.17, 15) is 14.4 Å². The highest BCUT2D eigenvalue weighted by molar-refractivity contribution is 6.39. The van der Waals surface area contributed by atoms with E-state index in [1.165, 1.54) is 0 Å². The van der Waals surface area contributed by atoms with Crippen LogP contribution >= 0.6 is 0 Å². The molecule has 1 aliphatic rings. The van der Waals surface area contributed by atoms with Crippen molar-refractivity contribution in [2.24, 2.45) is 7.05 Å². The van der Waals surface area contributed by atoms with Gasteiger partial charge in [-0.3, -0.25) is 14.9 Å². The van der Waals surface area contributed by atoms with Crippen LogP contribution in [-0.4, -0.2) is 29.0 Å². The van der Waals surface area contributed by atoms with Crippen LogP contribution in [0.25, 0.3) is 17.0 Å². The summed E-state index contributed by atoms with van der Waals surface area (Å²) in [5.74, 6) is -0.746. The molecule has 2 aromatic carbocycles. The Morgan fingerprint density at radius 3 is 2.43 bits per heavy atom. The molecule has 0 bridgehead atoms. The number of ether oxygens (including phenoxy) is 1. The molecular weight excluding hydrogens is 382 g/mol. The van der Waals surface area contributed by atoms with Gasteiger partial charge in [0.05, 0.1) is 12.3 Å². The molecule has 0 aliphatic carbocycles. The maximum atomic E-state index is 13.2. The van der Waals surface area contributed by atoms with Crippen LogP contribution in [-0.2, 0) is 16.6 Å². The Bertz CT molecular complexity index is 1210. The van der Waals surface area contributed by atoms with Crippen molar-refractivity contribution >= 4 is 40.5 Å². The Kier molecular flexibility index (Phi) is 4.87. The molecule has 1 saturated heterocycles. The van der Waals surface area contributed by atoms with Crippen molar-refractivity contribution in [1.82, 2.24) is 9.88 Å². The average molecular weight is 403 g/mol. The third-order valence-corrected chi connectivity index (χ3v) is 5.24. The lowest BCUT2D eigenvalue weighted by atomic mass is 10.0. The maximum absolute atomic E-state index is 13.2. The fraction of sp³-hybridized carbons (Fsp3) is 0.174. The lowest BCUT2D eigenvalue weighted by Crippen LogP contribution is -2.54. The topological polar surface area (TPSA) is 80.6 Å². The number of para-hydroxylation sites is 1. The number of fused-ring (bicyclic) bond motifs is 1. The first-order valence-corrected chi connectivity index (χ1v) is 9.60. The van der Waals surface area contributed by atoms with E-state index in [1.54, 1.807) is 30.3 Å². The second-order valence-electron chi connectivity index (χ2n) is 6.96. The minimum Gasteiger partial charge on any atom is -0.494 e. The summed E-state index contributed by atoms with van der Waals surface area (Å²) in [7, 11) is 1.93. The Balaban J connectivity index is 1.77. The minimum absolute atomic E-state index is 0.0945. The van der Waals surface area contributed by atoms with E-state index in [0.717, 1.165) is 27.1 Å². The van der Waals surface area contributed by atoms with Crippen LogP contribution in [0.5, 0.6) is 5.75 Å². The van der Waals surface area contributed by atoms with E-state index in [-0.39, 0.29) is 5.57 Å². The second kappa shape index (κ2) is 7.51. The summed E-state index contributed by atoms with van der Waals surface area (Å²) in [4.78, 5) is 39.0. The molecule has 152 valence electrons. The van der Waals surface area contributed by atoms with Crippen molar-refractivity contribution in [2.45, 2.75) is 13.8 Å². The number of hydrogen-bond donors (Lipinski definition) is 1. The zero-order valence-corrected chi connectivity index (χ0v) is 16.9. The Morgan fingerprint density at radius 2 is 1.73 bits per heavy atom. The Hall–Kier alpha value is -3.87. The van der Waals surface area contributed by atoms with Gasteiger partial charge in [0, 0.05) is 29.2 Å². The number of urea groups is 1. The Morgan fingerprint density at radius 1 is 1.03 bits per heavy atom. The molecular formula is C23H21N3O4. The SMILES string of the molecule is CCOc1ccc(N2C(=O)NC(=O)/C(=C\c3c(C)n(C)c4ccccc34)C2=O)cc1. The van der Waals surface area contributed by atoms with Crippen molar-refractivity contribution < 1.29 is 19.1 Å². The number of barbiturate groups is 1. The summed E-state index contributed by atoms with van der Waals surface area (Å²) in [5, 5.41) is 3.19. The van der Waals surface area contributed by atoms with E-state index >= 15 is 0 Å². The molecule has 0 radical (unpaired) electrons. The van der Waals surface area contributed by atoms with E-state index in [0.29, 0.717) is 18.0 Å². The number of benzene rings is 2. The van der Waals surface area contributed by atoms with Gasteiger partial charge < -0.3 is 9.30 Å². The van der Waals surface area contributed by atoms with Crippen LogP contribution in [0, 0.1) is 6.92 Å². The number of rotatable bonds is 4. The fourth-order valence-electron chi connectivity index (χ4n) is 3.63. The van der Waals surface area contributed by atoms with Crippen molar-refractivity contribution in [3.05, 3.63) is 65.4 Å². The number of carbonyl (C=O) groups excluding carboxylic acids is 3. The molecule has 1 N–H and O–H groups in total. The van der Waals surface area contributed by atoms with Crippen LogP contribution in [0.3, 0.4) is 0 Å². The molecule has 0 saturated carbocycles. The zero-order valence-electron chi connectivity index (χ0n) is 16.9. The van der Waals surface area contributed by atoms with Gasteiger partial charge in [0.15, 0.2) is 0 Å². The van der Waals surface area contributed by atoms with Gasteiger partial charge in [-0.1, -0.05) is 18.2 Å². The van der Waals surface area contributed by atoms with Crippen molar-refractivity contribution in [2.75, 3.05) is 11.5 Å². The predicted octanol–water partition coefficient (Wildman–Crippen LogP) is 3.55. The lowest BCUT2D eigenvalue weighted by molar-refractivity contribution is -0.122. The number of aryl methyl sites for hydroxylation is 1. The summed E-state index contributed by atoms with van der Waals surface area (Å²) in [6.07, 6.45) is 1.56. The molecule has 1 aromatic heterocycles. The highest BCUT2D eigenvalue weighted by Crippen LogP contribution is 2.29. The highest BCUT2D eigenvalue weighted by Gasteiger charge is 2.37. The molecule has 4 rings (SSSR count). The van der Waals surface area contributed by atoms with Gasteiger partial charge in [-0.2, -0.15) is 0 Å². The molecule has 1 fully saturated rings. The molecule has 0 spiro atoms. The third kappa shape index (κ3) is 3.14. The smallest absolute Gasteiger partial charge is 0.335 e. The molecule has 4 amide bonds. The first-order chi connectivity index (χ1) is 14.4. The predicted molar refractivity (Wildman–Crippen MR) is 114 cm³/mol. The summed E-state index contributed by atoms with van der Waals surface area (Å²) in [6.45, 7) is 4.30. The number of aromatic nitrogens is 1. The first kappa shape index (κ1) is 19.4. The second-order valence-corrected chi connectivity index (χ2v) is 6.96. The largest absolute Gasteiger partial charge is 0.494 e. The highest BCUT2D eigenvalue weighted by atomic mass is 16.5. The van der Waals surface area contributed by atoms with Gasteiger partial charge >= 0.3 is 6.03 Å². The first-order valence-electron chi connectivity index (χ1n) is 9.60. The number of nitrogens with zero attached hydrogens (tertiary/aromatic N) is 2. The monoisotopic (exact) mass is 403 g/mol. The van der Waals surface area contributed by atoms with Gasteiger partial charge in [0.2, 0.25) is 0 Å². The standard InChI is InChI=1S/C23H21N3O4/c1-4-30-16-11-9-15(10-12-16)26-22(28)19(21(27)24-23(26)29)13-18-14(2)25(3)20-8-6-5-7-17(18)20/h5-13H,4H2,1-3H3,(H,24,27,29)/b19-13+. The Labute approximate surface area is 173 Å². The van der Waals surface area contributed by atoms with E-state index in [2.05, 4.69) is 5.32 Å². The number of anilines is 1. The number of nitrogens with one attached hydrogen (secondary N) is 1. The van der Waals surface area contributed by atoms with Gasteiger partial charge in [0.25, 0.3) is 11.8 Å². The van der Waals surface area contributed by atoms with E-state index in [1.807, 2.05) is 49.7 Å². The van der Waals surface area contributed by atoms with Crippen LogP contribution < -0.4 is 15.0 Å². The summed E-state index contributed by atoms with van der Waals surface area (Å²) >= 11 is 0. The quantitative estimate of drug-likeness (QED) is 0.534. The molecule has 2 heterocycles. The van der Waals surface area contributed by atoms with Crippen LogP contribution in [0.4, 0.5) is 10.5 Å². The van der Waals surface area contributed by atoms with Gasteiger partial charge in [-0.05, 0) is 50.3 Å². The van der Waals surface area contributed by atoms with Crippen molar-refractivity contribution in [3.8, 4) is 5.75 Å². The van der Waals surface area contributed by atoms with Gasteiger partial charge in [-0.15, -0.1) is 0 Å². The lowest BCUT2D eigenvalue weighted by Gasteiger charge is -2.26. The third-order valence-electron chi connectivity index (χ3n) is 5.24. The van der Waals surface area contributed by atoms with Crippen LogP contribution in [0.15, 0.2) is 54.1 Å². The summed E-state index contributed by atoms with van der Waals surface area (Å²) in [5.41, 5.74) is 2.93. The summed E-state index contributed by atoms with van der Waals surface area (Å²) in [6, 6.07) is 13.5. The van der Waals surface area contributed by atoms with E-state index in [4.69, 9.17) is 4.74 Å². The van der Waals surface area contributed by atoms with Crippen molar-refractivity contribution in [3.63, 3.8) is 0 Å². The minimum atomic E-state index is -0.777. The molecule has 0 atom stereocenters. The number of carbonyl (C=O) groups is 3. The maximum Gasteiger partial charge on any atom is 0.335 e. The van der Waals surface area contributed by atoms with Crippen LogP contribution in [0.1, 0.15) is 18.2 Å². The number of amides is 4. The normalized spacial score (nSPS) is 15.8. The zero-order chi connectivity index (χ0) is 21.4. The number of hydrogen-bond acceptors (Lipinski definition) is 4.